The van der Waals surface area contributed by atoms with E-state index in [0.717, 1.165) is 25.9 Å². The van der Waals surface area contributed by atoms with Gasteiger partial charge in [-0.3, -0.25) is 9.59 Å². The Hall–Kier alpha value is -3.28. The Morgan fingerprint density at radius 1 is 0.867 bits per heavy atom. The highest BCUT2D eigenvalue weighted by Crippen LogP contribution is 2.39. The minimum absolute atomic E-state index is 0.301. The molecule has 6 heteroatoms. The van der Waals surface area contributed by atoms with Gasteiger partial charge in [-0.15, -0.1) is 0 Å². The molecule has 0 saturated carbocycles. The van der Waals surface area contributed by atoms with E-state index in [9.17, 15) is 9.59 Å². The second kappa shape index (κ2) is 8.22. The number of methoxy groups -OCH3 is 2. The number of nitrogens with zero attached hydrogens (tertiary/aromatic N) is 2. The molecule has 0 aliphatic carbocycles. The number of carbonyl (C=O) groups excluding carboxylic acids is 2. The molecule has 2 aromatic carbocycles. The van der Waals surface area contributed by atoms with Gasteiger partial charge in [0.2, 0.25) is 0 Å². The van der Waals surface area contributed by atoms with Gasteiger partial charge < -0.3 is 14.4 Å². The first kappa shape index (κ1) is 20.0. The van der Waals surface area contributed by atoms with Crippen molar-refractivity contribution in [2.75, 3.05) is 32.2 Å². The summed E-state index contributed by atoms with van der Waals surface area (Å²) in [6.07, 6.45) is 1.99. The van der Waals surface area contributed by atoms with Gasteiger partial charge in [0.05, 0.1) is 25.5 Å². The number of ether oxygens (including phenoxy) is 2. The third-order valence-corrected chi connectivity index (χ3v) is 5.86. The van der Waals surface area contributed by atoms with E-state index in [1.54, 1.807) is 25.3 Å². The summed E-state index contributed by atoms with van der Waals surface area (Å²) < 4.78 is 10.7. The number of rotatable bonds is 5. The van der Waals surface area contributed by atoms with E-state index >= 15 is 0 Å². The lowest BCUT2D eigenvalue weighted by atomic mass is 9.97. The molecular weight excluding hydrogens is 380 g/mol. The second-order valence-corrected chi connectivity index (χ2v) is 7.74. The van der Waals surface area contributed by atoms with Crippen molar-refractivity contribution in [2.24, 2.45) is 5.92 Å². The van der Waals surface area contributed by atoms with E-state index in [4.69, 9.17) is 9.47 Å². The van der Waals surface area contributed by atoms with Crippen LogP contribution in [0.15, 0.2) is 54.2 Å². The summed E-state index contributed by atoms with van der Waals surface area (Å²) in [6.45, 7) is 3.74. The molecule has 0 N–H and O–H groups in total. The van der Waals surface area contributed by atoms with Crippen molar-refractivity contribution >= 4 is 23.1 Å². The van der Waals surface area contributed by atoms with Gasteiger partial charge in [-0.05, 0) is 48.6 Å². The Morgan fingerprint density at radius 2 is 1.53 bits per heavy atom. The first-order valence-electron chi connectivity index (χ1n) is 10.2. The predicted molar refractivity (Wildman–Crippen MR) is 115 cm³/mol. The molecule has 156 valence electrons. The molecule has 0 spiro atoms. The molecule has 2 aliphatic rings. The second-order valence-electron chi connectivity index (χ2n) is 7.74. The molecule has 0 atom stereocenters. The van der Waals surface area contributed by atoms with Gasteiger partial charge in [0.25, 0.3) is 11.8 Å². The van der Waals surface area contributed by atoms with Crippen LogP contribution in [0.25, 0.3) is 5.57 Å². The molecule has 2 aromatic rings. The highest BCUT2D eigenvalue weighted by atomic mass is 16.5. The maximum Gasteiger partial charge on any atom is 0.282 e. The van der Waals surface area contributed by atoms with E-state index < -0.39 is 0 Å². The standard InChI is InChI=1S/C24H26N2O4/c1-16-12-14-25(15-13-16)22-21(17-8-10-18(29-2)11-9-17)23(27)26(24(22)28)19-6-4-5-7-20(19)30-3/h4-11,16H,12-15H2,1-3H3. The lowest BCUT2D eigenvalue weighted by Crippen LogP contribution is -2.38. The fraction of sp³-hybridized carbons (Fsp3) is 0.333. The number of anilines is 1. The molecule has 0 unspecified atom stereocenters. The van der Waals surface area contributed by atoms with Crippen molar-refractivity contribution in [3.63, 3.8) is 0 Å². The summed E-state index contributed by atoms with van der Waals surface area (Å²) in [5.74, 6) is 1.17. The predicted octanol–water partition coefficient (Wildman–Crippen LogP) is 3.72. The smallest absolute Gasteiger partial charge is 0.282 e. The Morgan fingerprint density at radius 3 is 2.17 bits per heavy atom. The Labute approximate surface area is 176 Å². The van der Waals surface area contributed by atoms with Crippen LogP contribution in [0.3, 0.4) is 0 Å². The van der Waals surface area contributed by atoms with Crippen LogP contribution in [0.2, 0.25) is 0 Å². The minimum Gasteiger partial charge on any atom is -0.497 e. The molecular formula is C24H26N2O4. The molecule has 0 aromatic heterocycles. The van der Waals surface area contributed by atoms with Crippen LogP contribution in [-0.4, -0.2) is 44.0 Å². The number of amides is 2. The van der Waals surface area contributed by atoms with Crippen molar-refractivity contribution in [1.82, 2.24) is 4.90 Å². The van der Waals surface area contributed by atoms with Gasteiger partial charge in [0.15, 0.2) is 0 Å². The number of benzene rings is 2. The summed E-state index contributed by atoms with van der Waals surface area (Å²) >= 11 is 0. The van der Waals surface area contributed by atoms with Crippen molar-refractivity contribution < 1.29 is 19.1 Å². The van der Waals surface area contributed by atoms with E-state index in [-0.39, 0.29) is 11.8 Å². The SMILES string of the molecule is COc1ccc(C2=C(N3CCC(C)CC3)C(=O)N(c3ccccc3OC)C2=O)cc1. The van der Waals surface area contributed by atoms with Gasteiger partial charge in [0, 0.05) is 13.1 Å². The molecule has 1 saturated heterocycles. The Bertz CT molecular complexity index is 989. The number of carbonyl (C=O) groups is 2. The maximum atomic E-state index is 13.6. The van der Waals surface area contributed by atoms with Crippen LogP contribution in [-0.2, 0) is 9.59 Å². The fourth-order valence-corrected chi connectivity index (χ4v) is 4.09. The first-order chi connectivity index (χ1) is 14.5. The highest BCUT2D eigenvalue weighted by molar-refractivity contribution is 6.45. The highest BCUT2D eigenvalue weighted by Gasteiger charge is 2.43. The fourth-order valence-electron chi connectivity index (χ4n) is 4.09. The Balaban J connectivity index is 1.81. The van der Waals surface area contributed by atoms with Crippen LogP contribution < -0.4 is 14.4 Å². The van der Waals surface area contributed by atoms with Crippen molar-refractivity contribution in [2.45, 2.75) is 19.8 Å². The number of hydrogen-bond acceptors (Lipinski definition) is 5. The van der Waals surface area contributed by atoms with Gasteiger partial charge in [0.1, 0.15) is 17.2 Å². The summed E-state index contributed by atoms with van der Waals surface area (Å²) in [7, 11) is 3.14. The molecule has 0 bridgehead atoms. The third-order valence-electron chi connectivity index (χ3n) is 5.86. The largest absolute Gasteiger partial charge is 0.497 e. The first-order valence-corrected chi connectivity index (χ1v) is 10.2. The average Bonchev–Trinajstić information content (AvgIpc) is 3.04. The van der Waals surface area contributed by atoms with Crippen LogP contribution in [0.1, 0.15) is 25.3 Å². The summed E-state index contributed by atoms with van der Waals surface area (Å²) in [4.78, 5) is 30.5. The van der Waals surface area contributed by atoms with E-state index in [0.29, 0.717) is 39.9 Å². The molecule has 30 heavy (non-hydrogen) atoms. The number of likely N-dealkylation sites (tertiary alicyclic amines) is 1. The summed E-state index contributed by atoms with van der Waals surface area (Å²) in [5, 5.41) is 0. The lowest BCUT2D eigenvalue weighted by Gasteiger charge is -2.32. The van der Waals surface area contributed by atoms with Gasteiger partial charge in [-0.1, -0.05) is 31.2 Å². The lowest BCUT2D eigenvalue weighted by molar-refractivity contribution is -0.120. The molecule has 4 rings (SSSR count). The van der Waals surface area contributed by atoms with Gasteiger partial charge in [-0.2, -0.15) is 0 Å². The van der Waals surface area contributed by atoms with Crippen molar-refractivity contribution in [1.29, 1.82) is 0 Å². The zero-order chi connectivity index (χ0) is 21.3. The van der Waals surface area contributed by atoms with E-state index in [1.165, 1.54) is 12.0 Å². The summed E-state index contributed by atoms with van der Waals surface area (Å²) in [6, 6.07) is 14.4. The average molecular weight is 406 g/mol. The molecule has 2 aliphatic heterocycles. The van der Waals surface area contributed by atoms with Crippen LogP contribution in [0.5, 0.6) is 11.5 Å². The monoisotopic (exact) mass is 406 g/mol. The molecule has 2 heterocycles. The van der Waals surface area contributed by atoms with Crippen LogP contribution in [0, 0.1) is 5.92 Å². The number of piperidine rings is 1. The topological polar surface area (TPSA) is 59.1 Å². The quantitative estimate of drug-likeness (QED) is 0.709. The summed E-state index contributed by atoms with van der Waals surface area (Å²) in [5.41, 5.74) is 2.08. The number of para-hydroxylation sites is 2. The zero-order valence-corrected chi connectivity index (χ0v) is 17.6. The number of imide groups is 1. The Kier molecular flexibility index (Phi) is 5.48. The van der Waals surface area contributed by atoms with Crippen molar-refractivity contribution in [3.8, 4) is 11.5 Å². The van der Waals surface area contributed by atoms with E-state index in [2.05, 4.69) is 11.8 Å². The molecule has 0 radical (unpaired) electrons. The number of hydrogen-bond donors (Lipinski definition) is 0. The third kappa shape index (κ3) is 3.43. The normalized spacial score (nSPS) is 17.7. The van der Waals surface area contributed by atoms with Gasteiger partial charge >= 0.3 is 0 Å². The van der Waals surface area contributed by atoms with Gasteiger partial charge in [-0.25, -0.2) is 4.90 Å². The van der Waals surface area contributed by atoms with Crippen molar-refractivity contribution in [3.05, 3.63) is 59.8 Å². The molecule has 2 amide bonds. The molecule has 6 nitrogen and oxygen atoms in total. The zero-order valence-electron chi connectivity index (χ0n) is 17.6. The minimum atomic E-state index is -0.330. The molecule has 1 fully saturated rings. The maximum absolute atomic E-state index is 13.6. The van der Waals surface area contributed by atoms with Crippen LogP contribution in [0.4, 0.5) is 5.69 Å². The van der Waals surface area contributed by atoms with Crippen LogP contribution >= 0.6 is 0 Å². The van der Waals surface area contributed by atoms with E-state index in [1.807, 2.05) is 30.3 Å².